The molecule has 5 nitrogen and oxygen atoms in total. The van der Waals surface area contributed by atoms with Crippen molar-refractivity contribution in [3.8, 4) is 22.8 Å². The smallest absolute Gasteiger partial charge is 0.231 e. The maximum atomic E-state index is 5.46. The molecule has 0 aliphatic carbocycles. The molecule has 2 heterocycles. The Morgan fingerprint density at radius 1 is 0.900 bits per heavy atom. The topological polar surface area (TPSA) is 47.0 Å². The van der Waals surface area contributed by atoms with Crippen LogP contribution in [0.3, 0.4) is 0 Å². The number of hydrazone groups is 1. The average molecular weight is 480 g/mol. The predicted molar refractivity (Wildman–Crippen MR) is 127 cm³/mol. The standard InChI is InChI=1S/C23H17N3O2S.BrH/c1-3-7-18(8-4-1)20-15-29-23(25-20)26(19-9-5-2-6-10-19)24-14-17-11-12-21-22(13-17)28-16-27-21;/h1-15H,16H2;1H/b24-14+;. The van der Waals surface area contributed by atoms with Gasteiger partial charge in [-0.3, -0.25) is 0 Å². The highest BCUT2D eigenvalue weighted by Crippen LogP contribution is 2.34. The molecule has 0 bridgehead atoms. The minimum Gasteiger partial charge on any atom is -0.454 e. The molecule has 30 heavy (non-hydrogen) atoms. The van der Waals surface area contributed by atoms with E-state index in [-0.39, 0.29) is 23.8 Å². The molecule has 5 rings (SSSR count). The van der Waals surface area contributed by atoms with Gasteiger partial charge in [0.1, 0.15) is 0 Å². The first-order valence-corrected chi connectivity index (χ1v) is 10.0. The number of fused-ring (bicyclic) bond motifs is 1. The molecule has 1 aromatic heterocycles. The van der Waals surface area contributed by atoms with E-state index < -0.39 is 0 Å². The molecule has 0 fully saturated rings. The second kappa shape index (κ2) is 9.11. The van der Waals surface area contributed by atoms with Gasteiger partial charge >= 0.3 is 0 Å². The first-order valence-electron chi connectivity index (χ1n) is 9.16. The first kappa shape index (κ1) is 20.1. The molecule has 0 saturated carbocycles. The van der Waals surface area contributed by atoms with Crippen molar-refractivity contribution < 1.29 is 9.47 Å². The number of halogens is 1. The molecule has 0 saturated heterocycles. The van der Waals surface area contributed by atoms with Crippen LogP contribution >= 0.6 is 28.3 Å². The molecule has 0 amide bonds. The third kappa shape index (κ3) is 4.22. The van der Waals surface area contributed by atoms with Gasteiger partial charge in [0.05, 0.1) is 17.6 Å². The number of ether oxygens (including phenoxy) is 2. The number of benzene rings is 3. The zero-order chi connectivity index (χ0) is 19.5. The summed E-state index contributed by atoms with van der Waals surface area (Å²) in [5.74, 6) is 1.50. The van der Waals surface area contributed by atoms with Gasteiger partial charge in [0, 0.05) is 10.9 Å². The summed E-state index contributed by atoms with van der Waals surface area (Å²) in [6, 6.07) is 25.9. The normalized spacial score (nSPS) is 12.0. The molecule has 0 unspecified atom stereocenters. The van der Waals surface area contributed by atoms with E-state index in [1.807, 2.05) is 71.7 Å². The molecule has 0 atom stereocenters. The van der Waals surface area contributed by atoms with Crippen molar-refractivity contribution in [3.63, 3.8) is 0 Å². The van der Waals surface area contributed by atoms with Gasteiger partial charge in [-0.2, -0.15) is 5.10 Å². The van der Waals surface area contributed by atoms with E-state index in [2.05, 4.69) is 17.5 Å². The summed E-state index contributed by atoms with van der Waals surface area (Å²) in [5, 5.41) is 9.43. The Labute approximate surface area is 189 Å². The summed E-state index contributed by atoms with van der Waals surface area (Å²) in [6.45, 7) is 0.257. The lowest BCUT2D eigenvalue weighted by Crippen LogP contribution is -2.09. The number of rotatable bonds is 5. The number of thiazole rings is 1. The zero-order valence-corrected chi connectivity index (χ0v) is 18.4. The summed E-state index contributed by atoms with van der Waals surface area (Å²) >= 11 is 1.56. The van der Waals surface area contributed by atoms with Crippen LogP contribution in [0.4, 0.5) is 10.8 Å². The van der Waals surface area contributed by atoms with Crippen molar-refractivity contribution in [3.05, 3.63) is 89.8 Å². The molecule has 1 aliphatic rings. The van der Waals surface area contributed by atoms with Crippen LogP contribution in [0.2, 0.25) is 0 Å². The highest BCUT2D eigenvalue weighted by Gasteiger charge is 2.15. The first-order chi connectivity index (χ1) is 14.4. The van der Waals surface area contributed by atoms with Crippen molar-refractivity contribution in [2.24, 2.45) is 5.10 Å². The molecule has 0 N–H and O–H groups in total. The Kier molecular flexibility index (Phi) is 6.11. The van der Waals surface area contributed by atoms with Gasteiger partial charge in [-0.05, 0) is 35.9 Å². The molecule has 4 aromatic rings. The third-order valence-corrected chi connectivity index (χ3v) is 5.28. The van der Waals surface area contributed by atoms with Crippen molar-refractivity contribution in [1.82, 2.24) is 4.98 Å². The maximum Gasteiger partial charge on any atom is 0.231 e. The Morgan fingerprint density at radius 2 is 1.63 bits per heavy atom. The summed E-state index contributed by atoms with van der Waals surface area (Å²) in [4.78, 5) is 4.81. The Hall–Kier alpha value is -3.16. The maximum absolute atomic E-state index is 5.46. The number of hydrogen-bond donors (Lipinski definition) is 0. The average Bonchev–Trinajstić information content (AvgIpc) is 3.45. The molecule has 150 valence electrons. The van der Waals surface area contributed by atoms with Crippen molar-refractivity contribution in [2.75, 3.05) is 11.8 Å². The van der Waals surface area contributed by atoms with Crippen LogP contribution in [0.25, 0.3) is 11.3 Å². The fraction of sp³-hybridized carbons (Fsp3) is 0.0435. The van der Waals surface area contributed by atoms with Crippen molar-refractivity contribution >= 4 is 45.4 Å². The Morgan fingerprint density at radius 3 is 2.43 bits per heavy atom. The van der Waals surface area contributed by atoms with Crippen LogP contribution in [0, 0.1) is 0 Å². The Balaban J connectivity index is 0.00000218. The largest absolute Gasteiger partial charge is 0.454 e. The molecular weight excluding hydrogens is 462 g/mol. The van der Waals surface area contributed by atoms with Crippen LogP contribution in [0.15, 0.2) is 89.3 Å². The van der Waals surface area contributed by atoms with Crippen LogP contribution in [-0.2, 0) is 0 Å². The van der Waals surface area contributed by atoms with Gasteiger partial charge in [-0.1, -0.05) is 48.5 Å². The molecule has 0 spiro atoms. The van der Waals surface area contributed by atoms with Gasteiger partial charge in [0.2, 0.25) is 11.9 Å². The highest BCUT2D eigenvalue weighted by molar-refractivity contribution is 8.93. The van der Waals surface area contributed by atoms with Crippen molar-refractivity contribution in [2.45, 2.75) is 0 Å². The summed E-state index contributed by atoms with van der Waals surface area (Å²) in [6.07, 6.45) is 1.80. The van der Waals surface area contributed by atoms with E-state index in [1.54, 1.807) is 17.6 Å². The van der Waals surface area contributed by atoms with E-state index >= 15 is 0 Å². The second-order valence-electron chi connectivity index (χ2n) is 6.39. The van der Waals surface area contributed by atoms with E-state index in [0.29, 0.717) is 0 Å². The lowest BCUT2D eigenvalue weighted by Gasteiger charge is -2.15. The van der Waals surface area contributed by atoms with Gasteiger partial charge in [-0.15, -0.1) is 28.3 Å². The highest BCUT2D eigenvalue weighted by atomic mass is 79.9. The summed E-state index contributed by atoms with van der Waals surface area (Å²) in [5.41, 5.74) is 3.89. The number of aromatic nitrogens is 1. The fourth-order valence-corrected chi connectivity index (χ4v) is 3.83. The molecule has 1 aliphatic heterocycles. The van der Waals surface area contributed by atoms with Gasteiger partial charge < -0.3 is 9.47 Å². The number of para-hydroxylation sites is 1. The monoisotopic (exact) mass is 479 g/mol. The minimum absolute atomic E-state index is 0. The van der Waals surface area contributed by atoms with Crippen LogP contribution in [0.1, 0.15) is 5.56 Å². The minimum atomic E-state index is 0. The second-order valence-corrected chi connectivity index (χ2v) is 7.22. The van der Waals surface area contributed by atoms with Crippen LogP contribution in [-0.4, -0.2) is 18.0 Å². The van der Waals surface area contributed by atoms with Gasteiger partial charge in [0.15, 0.2) is 11.5 Å². The molecule has 0 radical (unpaired) electrons. The molecule has 7 heteroatoms. The lowest BCUT2D eigenvalue weighted by molar-refractivity contribution is 0.174. The fourth-order valence-electron chi connectivity index (χ4n) is 3.02. The number of hydrogen-bond acceptors (Lipinski definition) is 6. The van der Waals surface area contributed by atoms with Crippen LogP contribution in [0.5, 0.6) is 11.5 Å². The molecular formula is C23H18BrN3O2S. The summed E-state index contributed by atoms with van der Waals surface area (Å²) < 4.78 is 10.8. The molecule has 3 aromatic carbocycles. The third-order valence-electron chi connectivity index (χ3n) is 4.46. The number of nitrogens with zero attached hydrogens (tertiary/aromatic N) is 3. The quantitative estimate of drug-likeness (QED) is 0.249. The number of anilines is 2. The van der Waals surface area contributed by atoms with Gasteiger partial charge in [-0.25, -0.2) is 9.99 Å². The SMILES string of the molecule is Br.C(=N\N(c1ccccc1)c1nc(-c2ccccc2)cs1)/c1ccc2c(c1)OCO2. The van der Waals surface area contributed by atoms with Crippen LogP contribution < -0.4 is 14.5 Å². The zero-order valence-electron chi connectivity index (χ0n) is 15.8. The van der Waals surface area contributed by atoms with E-state index in [1.165, 1.54) is 0 Å². The predicted octanol–water partition coefficient (Wildman–Crippen LogP) is 6.29. The van der Waals surface area contributed by atoms with Gasteiger partial charge in [0.25, 0.3) is 0 Å². The van der Waals surface area contributed by atoms with E-state index in [9.17, 15) is 0 Å². The lowest BCUT2D eigenvalue weighted by atomic mass is 10.2. The van der Waals surface area contributed by atoms with E-state index in [0.717, 1.165) is 39.1 Å². The Bertz CT molecular complexity index is 1150. The van der Waals surface area contributed by atoms with E-state index in [4.69, 9.17) is 19.6 Å². The van der Waals surface area contributed by atoms with Crippen molar-refractivity contribution in [1.29, 1.82) is 0 Å². The summed E-state index contributed by atoms with van der Waals surface area (Å²) in [7, 11) is 0.